The highest BCUT2D eigenvalue weighted by Crippen LogP contribution is 2.28. The number of aromatic amines is 1. The fourth-order valence-electron chi connectivity index (χ4n) is 1.33. The van der Waals surface area contributed by atoms with Crippen LogP contribution >= 0.6 is 0 Å². The normalized spacial score (nSPS) is 15.7. The van der Waals surface area contributed by atoms with E-state index in [2.05, 4.69) is 10.3 Å². The zero-order valence-electron chi connectivity index (χ0n) is 7.55. The topological polar surface area (TPSA) is 44.9 Å². The monoisotopic (exact) mass is 178 g/mol. The van der Waals surface area contributed by atoms with Gasteiger partial charge in [-0.25, -0.2) is 0 Å². The van der Waals surface area contributed by atoms with Crippen molar-refractivity contribution >= 4 is 5.91 Å². The second kappa shape index (κ2) is 3.64. The van der Waals surface area contributed by atoms with E-state index < -0.39 is 0 Å². The van der Waals surface area contributed by atoms with Crippen LogP contribution in [0.5, 0.6) is 0 Å². The number of carbonyl (C=O) groups is 1. The molecule has 3 nitrogen and oxygen atoms in total. The summed E-state index contributed by atoms with van der Waals surface area (Å²) in [5.41, 5.74) is 1.25. The molecule has 0 atom stereocenters. The Morgan fingerprint density at radius 2 is 2.46 bits per heavy atom. The van der Waals surface area contributed by atoms with Crippen molar-refractivity contribution in [1.82, 2.24) is 10.3 Å². The third-order valence-corrected chi connectivity index (χ3v) is 2.32. The Balaban J connectivity index is 1.66. The Hall–Kier alpha value is -1.25. The van der Waals surface area contributed by atoms with Crippen LogP contribution in [0.3, 0.4) is 0 Å². The summed E-state index contributed by atoms with van der Waals surface area (Å²) in [5.74, 6) is 0.557. The fraction of sp³-hybridized carbons (Fsp3) is 0.500. The van der Waals surface area contributed by atoms with Crippen molar-refractivity contribution < 1.29 is 4.79 Å². The smallest absolute Gasteiger partial charge is 0.223 e. The van der Waals surface area contributed by atoms with Gasteiger partial charge in [0.1, 0.15) is 0 Å². The van der Waals surface area contributed by atoms with E-state index in [4.69, 9.17) is 0 Å². The predicted molar refractivity (Wildman–Crippen MR) is 50.2 cm³/mol. The molecule has 0 radical (unpaired) electrons. The molecule has 0 aromatic carbocycles. The molecule has 2 N–H and O–H groups in total. The molecule has 13 heavy (non-hydrogen) atoms. The molecule has 0 bridgehead atoms. The maximum atomic E-state index is 11.2. The lowest BCUT2D eigenvalue weighted by molar-refractivity contribution is -0.122. The first-order valence-corrected chi connectivity index (χ1v) is 4.75. The number of nitrogens with one attached hydrogen (secondary N) is 2. The summed E-state index contributed by atoms with van der Waals surface area (Å²) >= 11 is 0. The van der Waals surface area contributed by atoms with Crippen molar-refractivity contribution in [2.45, 2.75) is 19.3 Å². The van der Waals surface area contributed by atoms with Gasteiger partial charge in [-0.05, 0) is 30.9 Å². The van der Waals surface area contributed by atoms with Crippen LogP contribution < -0.4 is 5.32 Å². The van der Waals surface area contributed by atoms with Gasteiger partial charge in [0.25, 0.3) is 0 Å². The van der Waals surface area contributed by atoms with Gasteiger partial charge in [-0.3, -0.25) is 4.79 Å². The molecule has 0 unspecified atom stereocenters. The largest absolute Gasteiger partial charge is 0.367 e. The molecule has 1 fully saturated rings. The van der Waals surface area contributed by atoms with E-state index in [-0.39, 0.29) is 5.91 Å². The minimum Gasteiger partial charge on any atom is -0.367 e. The molecule has 2 rings (SSSR count). The first-order chi connectivity index (χ1) is 6.36. The second-order valence-corrected chi connectivity index (χ2v) is 3.53. The molecule has 1 amide bonds. The summed E-state index contributed by atoms with van der Waals surface area (Å²) in [6.07, 6.45) is 6.94. The Morgan fingerprint density at radius 1 is 1.62 bits per heavy atom. The van der Waals surface area contributed by atoms with Gasteiger partial charge in [0.05, 0.1) is 0 Å². The number of carbonyl (C=O) groups excluding carboxylic acids is 1. The lowest BCUT2D eigenvalue weighted by atomic mass is 10.2. The lowest BCUT2D eigenvalue weighted by Gasteiger charge is -2.01. The van der Waals surface area contributed by atoms with Gasteiger partial charge in [0.15, 0.2) is 0 Å². The number of hydrogen-bond donors (Lipinski definition) is 2. The predicted octanol–water partition coefficient (Wildman–Crippen LogP) is 1.08. The van der Waals surface area contributed by atoms with Gasteiger partial charge in [-0.1, -0.05) is 0 Å². The molecule has 1 saturated carbocycles. The van der Waals surface area contributed by atoms with Gasteiger partial charge in [0, 0.05) is 24.9 Å². The highest BCUT2D eigenvalue weighted by atomic mass is 16.2. The quantitative estimate of drug-likeness (QED) is 0.712. The molecule has 1 aliphatic carbocycles. The highest BCUT2D eigenvalue weighted by Gasteiger charge is 2.28. The van der Waals surface area contributed by atoms with Crippen molar-refractivity contribution in [3.63, 3.8) is 0 Å². The molecular formula is C10H14N2O. The first kappa shape index (κ1) is 8.35. The molecule has 1 aliphatic rings. The van der Waals surface area contributed by atoms with Crippen LogP contribution in [0.2, 0.25) is 0 Å². The van der Waals surface area contributed by atoms with Crippen molar-refractivity contribution in [3.05, 3.63) is 24.0 Å². The summed E-state index contributed by atoms with van der Waals surface area (Å²) in [5, 5.41) is 2.93. The van der Waals surface area contributed by atoms with E-state index >= 15 is 0 Å². The van der Waals surface area contributed by atoms with Crippen molar-refractivity contribution in [2.75, 3.05) is 6.54 Å². The summed E-state index contributed by atoms with van der Waals surface area (Å²) in [7, 11) is 0. The van der Waals surface area contributed by atoms with E-state index in [1.165, 1.54) is 5.56 Å². The Bertz CT molecular complexity index is 275. The molecule has 3 heteroatoms. The number of H-pyrrole nitrogens is 1. The molecule has 1 aromatic rings. The van der Waals surface area contributed by atoms with E-state index in [0.29, 0.717) is 5.92 Å². The van der Waals surface area contributed by atoms with Crippen LogP contribution in [0.25, 0.3) is 0 Å². The van der Waals surface area contributed by atoms with Crippen LogP contribution in [0.15, 0.2) is 18.5 Å². The van der Waals surface area contributed by atoms with Gasteiger partial charge in [-0.15, -0.1) is 0 Å². The van der Waals surface area contributed by atoms with E-state index in [0.717, 1.165) is 25.8 Å². The van der Waals surface area contributed by atoms with E-state index in [1.54, 1.807) is 0 Å². The minimum absolute atomic E-state index is 0.232. The van der Waals surface area contributed by atoms with Gasteiger partial charge in [0.2, 0.25) is 5.91 Å². The third kappa shape index (κ3) is 2.34. The molecule has 1 heterocycles. The lowest BCUT2D eigenvalue weighted by Crippen LogP contribution is -2.26. The standard InChI is InChI=1S/C10H14N2O/c13-10(9-1-2-9)12-6-4-8-3-5-11-7-8/h3,5,7,9,11H,1-2,4,6H2,(H,12,13). The average molecular weight is 178 g/mol. The highest BCUT2D eigenvalue weighted by molar-refractivity contribution is 5.80. The van der Waals surface area contributed by atoms with Crippen molar-refractivity contribution in [2.24, 2.45) is 5.92 Å². The minimum atomic E-state index is 0.232. The van der Waals surface area contributed by atoms with Crippen LogP contribution in [-0.2, 0) is 11.2 Å². The number of hydrogen-bond acceptors (Lipinski definition) is 1. The van der Waals surface area contributed by atoms with Crippen LogP contribution in [-0.4, -0.2) is 17.4 Å². The molecule has 70 valence electrons. The number of amides is 1. The summed E-state index contributed by atoms with van der Waals surface area (Å²) in [4.78, 5) is 14.2. The maximum absolute atomic E-state index is 11.2. The van der Waals surface area contributed by atoms with Gasteiger partial charge < -0.3 is 10.3 Å². The Kier molecular flexibility index (Phi) is 2.34. The zero-order valence-corrected chi connectivity index (χ0v) is 7.55. The summed E-state index contributed by atoms with van der Waals surface area (Å²) < 4.78 is 0. The van der Waals surface area contributed by atoms with Gasteiger partial charge in [-0.2, -0.15) is 0 Å². The van der Waals surface area contributed by atoms with E-state index in [9.17, 15) is 4.79 Å². The third-order valence-electron chi connectivity index (χ3n) is 2.32. The van der Waals surface area contributed by atoms with Gasteiger partial charge >= 0.3 is 0 Å². The van der Waals surface area contributed by atoms with Crippen LogP contribution in [0.4, 0.5) is 0 Å². The van der Waals surface area contributed by atoms with Crippen molar-refractivity contribution in [3.8, 4) is 0 Å². The second-order valence-electron chi connectivity index (χ2n) is 3.53. The zero-order chi connectivity index (χ0) is 9.10. The molecular weight excluding hydrogens is 164 g/mol. The summed E-state index contributed by atoms with van der Waals surface area (Å²) in [6, 6.07) is 2.03. The van der Waals surface area contributed by atoms with E-state index in [1.807, 2.05) is 18.5 Å². The molecule has 0 aliphatic heterocycles. The van der Waals surface area contributed by atoms with Crippen LogP contribution in [0, 0.1) is 5.92 Å². The molecule has 0 saturated heterocycles. The fourth-order valence-corrected chi connectivity index (χ4v) is 1.33. The average Bonchev–Trinajstić information content (AvgIpc) is 2.86. The molecule has 1 aromatic heterocycles. The Labute approximate surface area is 77.5 Å². The molecule has 0 spiro atoms. The number of aromatic nitrogens is 1. The maximum Gasteiger partial charge on any atom is 0.223 e. The van der Waals surface area contributed by atoms with Crippen LogP contribution in [0.1, 0.15) is 18.4 Å². The number of rotatable bonds is 4. The first-order valence-electron chi connectivity index (χ1n) is 4.75. The Morgan fingerprint density at radius 3 is 3.08 bits per heavy atom. The SMILES string of the molecule is O=C(NCCc1cc[nH]c1)C1CC1. The summed E-state index contributed by atoms with van der Waals surface area (Å²) in [6.45, 7) is 0.757. The van der Waals surface area contributed by atoms with Crippen molar-refractivity contribution in [1.29, 1.82) is 0 Å².